The molecule has 0 aromatic heterocycles. The van der Waals surface area contributed by atoms with Gasteiger partial charge in [0.25, 0.3) is 0 Å². The summed E-state index contributed by atoms with van der Waals surface area (Å²) < 4.78 is 53.3. The number of benzene rings is 2. The van der Waals surface area contributed by atoms with Gasteiger partial charge >= 0.3 is 0 Å². The first-order valence-electron chi connectivity index (χ1n) is 5.66. The van der Waals surface area contributed by atoms with Gasteiger partial charge < -0.3 is 10.6 Å². The van der Waals surface area contributed by atoms with Gasteiger partial charge in [-0.1, -0.05) is 17.7 Å². The van der Waals surface area contributed by atoms with Gasteiger partial charge in [-0.3, -0.25) is 0 Å². The van der Waals surface area contributed by atoms with E-state index in [4.69, 9.17) is 23.8 Å². The molecule has 0 aliphatic rings. The van der Waals surface area contributed by atoms with Crippen LogP contribution < -0.4 is 10.6 Å². The first kappa shape index (κ1) is 17.0. The SMILES string of the molecule is Fc1c(F)c(NC(=S)Nc2cccc(Cl)c2)c(F)c(F)c1Br. The van der Waals surface area contributed by atoms with E-state index in [1.165, 1.54) is 6.07 Å². The quantitative estimate of drug-likeness (QED) is 0.296. The molecule has 0 radical (unpaired) electrons. The van der Waals surface area contributed by atoms with E-state index in [1.54, 1.807) is 18.2 Å². The van der Waals surface area contributed by atoms with Gasteiger partial charge in [0, 0.05) is 10.7 Å². The van der Waals surface area contributed by atoms with Crippen LogP contribution in [-0.4, -0.2) is 5.11 Å². The highest BCUT2D eigenvalue weighted by Crippen LogP contribution is 2.31. The second-order valence-electron chi connectivity index (χ2n) is 4.03. The second-order valence-corrected chi connectivity index (χ2v) is 5.67. The lowest BCUT2D eigenvalue weighted by molar-refractivity contribution is 0.452. The molecule has 9 heteroatoms. The lowest BCUT2D eigenvalue weighted by Gasteiger charge is -2.13. The fraction of sp³-hybridized carbons (Fsp3) is 0. The molecule has 0 unspecified atom stereocenters. The standard InChI is InChI=1S/C13H6BrClF4N2S/c14-7-8(16)10(18)12(11(19)9(7)17)21-13(22)20-6-3-1-2-5(15)4-6/h1-4H,(H2,20,21,22). The number of nitrogens with one attached hydrogen (secondary N) is 2. The number of rotatable bonds is 2. The molecule has 0 aliphatic heterocycles. The summed E-state index contributed by atoms with van der Waals surface area (Å²) in [5.74, 6) is -6.32. The maximum atomic E-state index is 13.7. The Kier molecular flexibility index (Phi) is 5.25. The van der Waals surface area contributed by atoms with Gasteiger partial charge in [0.2, 0.25) is 0 Å². The van der Waals surface area contributed by atoms with Crippen molar-refractivity contribution in [1.29, 1.82) is 0 Å². The van der Waals surface area contributed by atoms with E-state index in [9.17, 15) is 17.6 Å². The molecular weight excluding hydrogens is 408 g/mol. The molecule has 0 bridgehead atoms. The van der Waals surface area contributed by atoms with Crippen LogP contribution in [0.25, 0.3) is 0 Å². The Morgan fingerprint density at radius 2 is 1.59 bits per heavy atom. The lowest BCUT2D eigenvalue weighted by atomic mass is 10.2. The van der Waals surface area contributed by atoms with E-state index in [0.717, 1.165) is 0 Å². The van der Waals surface area contributed by atoms with Crippen LogP contribution in [0.5, 0.6) is 0 Å². The number of halogens is 6. The third-order valence-electron chi connectivity index (χ3n) is 2.53. The van der Waals surface area contributed by atoms with Crippen molar-refractivity contribution in [3.8, 4) is 0 Å². The van der Waals surface area contributed by atoms with E-state index in [0.29, 0.717) is 10.7 Å². The van der Waals surface area contributed by atoms with Gasteiger partial charge in [0.1, 0.15) is 5.69 Å². The Balaban J connectivity index is 2.26. The largest absolute Gasteiger partial charge is 0.332 e. The second kappa shape index (κ2) is 6.80. The zero-order chi connectivity index (χ0) is 16.4. The van der Waals surface area contributed by atoms with Gasteiger partial charge in [-0.05, 0) is 46.3 Å². The Morgan fingerprint density at radius 1 is 1.00 bits per heavy atom. The number of hydrogen-bond donors (Lipinski definition) is 2. The molecule has 2 nitrogen and oxygen atoms in total. The third-order valence-corrected chi connectivity index (χ3v) is 3.67. The molecule has 116 valence electrons. The van der Waals surface area contributed by atoms with Crippen molar-refractivity contribution >= 4 is 56.2 Å². The molecule has 0 fully saturated rings. The number of thiocarbonyl (C=S) groups is 1. The Bertz CT molecular complexity index is 728. The molecule has 0 heterocycles. The highest BCUT2D eigenvalue weighted by molar-refractivity contribution is 9.10. The van der Waals surface area contributed by atoms with Crippen LogP contribution in [0.4, 0.5) is 28.9 Å². The minimum atomic E-state index is -1.60. The predicted octanol–water partition coefficient (Wildman–Crippen LogP) is 5.47. The average molecular weight is 414 g/mol. The van der Waals surface area contributed by atoms with Crippen molar-refractivity contribution < 1.29 is 17.6 Å². The van der Waals surface area contributed by atoms with E-state index in [-0.39, 0.29) is 5.11 Å². The first-order chi connectivity index (χ1) is 10.3. The van der Waals surface area contributed by atoms with Gasteiger partial charge in [0.05, 0.1) is 4.47 Å². The summed E-state index contributed by atoms with van der Waals surface area (Å²) in [5, 5.41) is 4.81. The van der Waals surface area contributed by atoms with Crippen LogP contribution in [0, 0.1) is 23.3 Å². The zero-order valence-corrected chi connectivity index (χ0v) is 13.6. The smallest absolute Gasteiger partial charge is 0.186 e. The molecule has 0 amide bonds. The lowest BCUT2D eigenvalue weighted by Crippen LogP contribution is -2.21. The Hall–Kier alpha value is -1.38. The van der Waals surface area contributed by atoms with Gasteiger partial charge in [-0.15, -0.1) is 0 Å². The molecule has 0 atom stereocenters. The molecule has 22 heavy (non-hydrogen) atoms. The highest BCUT2D eigenvalue weighted by atomic mass is 79.9. The van der Waals surface area contributed by atoms with Crippen molar-refractivity contribution in [1.82, 2.24) is 0 Å². The van der Waals surface area contributed by atoms with Crippen molar-refractivity contribution in [2.45, 2.75) is 0 Å². The molecule has 0 saturated carbocycles. The van der Waals surface area contributed by atoms with Crippen molar-refractivity contribution in [3.05, 3.63) is 57.0 Å². The predicted molar refractivity (Wildman–Crippen MR) is 85.3 cm³/mol. The van der Waals surface area contributed by atoms with E-state index in [2.05, 4.69) is 26.6 Å². The zero-order valence-electron chi connectivity index (χ0n) is 10.5. The summed E-state index contributed by atoms with van der Waals surface area (Å²) in [6.45, 7) is 0. The van der Waals surface area contributed by atoms with Gasteiger partial charge in [-0.2, -0.15) is 0 Å². The molecular formula is C13H6BrClF4N2S. The summed E-state index contributed by atoms with van der Waals surface area (Å²) in [4.78, 5) is 0. The summed E-state index contributed by atoms with van der Waals surface area (Å²) in [5.41, 5.74) is -0.596. The summed E-state index contributed by atoms with van der Waals surface area (Å²) in [7, 11) is 0. The van der Waals surface area contributed by atoms with Crippen molar-refractivity contribution in [3.63, 3.8) is 0 Å². The monoisotopic (exact) mass is 412 g/mol. The molecule has 2 aromatic carbocycles. The molecule has 0 aliphatic carbocycles. The molecule has 2 aromatic rings. The number of anilines is 2. The summed E-state index contributed by atoms with van der Waals surface area (Å²) in [6.07, 6.45) is 0. The van der Waals surface area contributed by atoms with E-state index >= 15 is 0 Å². The minimum absolute atomic E-state index is 0.263. The van der Waals surface area contributed by atoms with Crippen LogP contribution in [0.15, 0.2) is 28.7 Å². The third kappa shape index (κ3) is 3.50. The Morgan fingerprint density at radius 3 is 2.14 bits per heavy atom. The average Bonchev–Trinajstić information content (AvgIpc) is 2.47. The summed E-state index contributed by atoms with van der Waals surface area (Å²) >= 11 is 13.0. The van der Waals surface area contributed by atoms with E-state index in [1.807, 2.05) is 0 Å². The fourth-order valence-electron chi connectivity index (χ4n) is 1.56. The topological polar surface area (TPSA) is 24.1 Å². The van der Waals surface area contributed by atoms with E-state index < -0.39 is 33.4 Å². The molecule has 0 spiro atoms. The Labute approximate surface area is 141 Å². The van der Waals surface area contributed by atoms with Crippen LogP contribution in [0.3, 0.4) is 0 Å². The minimum Gasteiger partial charge on any atom is -0.332 e. The van der Waals surface area contributed by atoms with Gasteiger partial charge in [-0.25, -0.2) is 17.6 Å². The maximum Gasteiger partial charge on any atom is 0.186 e. The molecule has 2 N–H and O–H groups in total. The maximum absolute atomic E-state index is 13.7. The van der Waals surface area contributed by atoms with Crippen LogP contribution >= 0.6 is 39.7 Å². The fourth-order valence-corrected chi connectivity index (χ4v) is 2.32. The molecule has 2 rings (SSSR count). The van der Waals surface area contributed by atoms with Gasteiger partial charge in [0.15, 0.2) is 28.4 Å². The highest BCUT2D eigenvalue weighted by Gasteiger charge is 2.24. The summed E-state index contributed by atoms with van der Waals surface area (Å²) in [6, 6.07) is 6.33. The van der Waals surface area contributed by atoms with Crippen molar-refractivity contribution in [2.24, 2.45) is 0 Å². The van der Waals surface area contributed by atoms with Crippen LogP contribution in [-0.2, 0) is 0 Å². The first-order valence-corrected chi connectivity index (χ1v) is 7.24. The number of hydrogen-bond acceptors (Lipinski definition) is 1. The normalized spacial score (nSPS) is 10.5. The van der Waals surface area contributed by atoms with Crippen molar-refractivity contribution in [2.75, 3.05) is 10.6 Å². The van der Waals surface area contributed by atoms with Crippen LogP contribution in [0.1, 0.15) is 0 Å². The molecule has 0 saturated heterocycles. The van der Waals surface area contributed by atoms with Crippen LogP contribution in [0.2, 0.25) is 5.02 Å².